The molecule has 2 N–H and O–H groups in total. The summed E-state index contributed by atoms with van der Waals surface area (Å²) < 4.78 is 25.5. The molecule has 1 atom stereocenters. The lowest BCUT2D eigenvalue weighted by atomic mass is 9.97. The summed E-state index contributed by atoms with van der Waals surface area (Å²) in [5.41, 5.74) is 8.70. The van der Waals surface area contributed by atoms with Crippen LogP contribution in [0.2, 0.25) is 0 Å². The summed E-state index contributed by atoms with van der Waals surface area (Å²) in [6.45, 7) is 2.90. The van der Waals surface area contributed by atoms with Gasteiger partial charge in [0.1, 0.15) is 19.0 Å². The van der Waals surface area contributed by atoms with Crippen molar-refractivity contribution in [2.45, 2.75) is 13.0 Å². The van der Waals surface area contributed by atoms with Gasteiger partial charge in [-0.15, -0.1) is 0 Å². The fourth-order valence-electron chi connectivity index (χ4n) is 2.44. The Labute approximate surface area is 131 Å². The van der Waals surface area contributed by atoms with Crippen LogP contribution in [0, 0.1) is 12.7 Å². The molecule has 2 aromatic carbocycles. The maximum atomic E-state index is 13.6. The minimum Gasteiger partial charge on any atom is -0.486 e. The van der Waals surface area contributed by atoms with E-state index in [1.54, 1.807) is 0 Å². The Morgan fingerprint density at radius 3 is 2.43 bits per heavy atom. The Morgan fingerprint density at radius 2 is 1.76 bits per heavy atom. The van der Waals surface area contributed by atoms with Crippen LogP contribution in [0.3, 0.4) is 0 Å². The highest BCUT2D eigenvalue weighted by Gasteiger charge is 2.19. The molecule has 0 saturated heterocycles. The second-order valence-electron chi connectivity index (χ2n) is 5.06. The minimum atomic E-state index is -0.440. The van der Waals surface area contributed by atoms with Crippen molar-refractivity contribution in [3.8, 4) is 11.5 Å². The Kier molecular flexibility index (Phi) is 3.87. The molecule has 1 unspecified atom stereocenters. The number of ether oxygens (including phenoxy) is 2. The van der Waals surface area contributed by atoms with E-state index in [1.165, 1.54) is 12.1 Å². The number of halogens is 2. The highest BCUT2D eigenvalue weighted by molar-refractivity contribution is 9.10. The highest BCUT2D eigenvalue weighted by atomic mass is 79.9. The van der Waals surface area contributed by atoms with Gasteiger partial charge in [-0.1, -0.05) is 22.0 Å². The molecule has 5 heteroatoms. The van der Waals surface area contributed by atoms with Gasteiger partial charge in [0.25, 0.3) is 0 Å². The third-order valence-electron chi connectivity index (χ3n) is 3.42. The number of aryl methyl sites for hydroxylation is 1. The van der Waals surface area contributed by atoms with Crippen molar-refractivity contribution in [3.05, 3.63) is 57.3 Å². The van der Waals surface area contributed by atoms with E-state index >= 15 is 0 Å². The van der Waals surface area contributed by atoms with Gasteiger partial charge in [0.2, 0.25) is 0 Å². The van der Waals surface area contributed by atoms with E-state index in [2.05, 4.69) is 15.9 Å². The van der Waals surface area contributed by atoms with Gasteiger partial charge >= 0.3 is 0 Å². The number of benzene rings is 2. The van der Waals surface area contributed by atoms with Gasteiger partial charge in [0, 0.05) is 4.47 Å². The third kappa shape index (κ3) is 2.89. The van der Waals surface area contributed by atoms with Crippen molar-refractivity contribution in [1.29, 1.82) is 0 Å². The first-order chi connectivity index (χ1) is 10.0. The van der Waals surface area contributed by atoms with Crippen LogP contribution < -0.4 is 15.2 Å². The second kappa shape index (κ2) is 5.66. The fourth-order valence-corrected chi connectivity index (χ4v) is 3.01. The van der Waals surface area contributed by atoms with E-state index in [9.17, 15) is 4.39 Å². The monoisotopic (exact) mass is 351 g/mol. The van der Waals surface area contributed by atoms with Gasteiger partial charge < -0.3 is 15.2 Å². The van der Waals surface area contributed by atoms with E-state index in [-0.39, 0.29) is 5.82 Å². The molecular formula is C16H15BrFNO2. The van der Waals surface area contributed by atoms with Gasteiger partial charge in [-0.25, -0.2) is 4.39 Å². The molecular weight excluding hydrogens is 337 g/mol. The molecule has 0 bridgehead atoms. The maximum absolute atomic E-state index is 13.6. The van der Waals surface area contributed by atoms with Crippen LogP contribution in [-0.2, 0) is 0 Å². The number of hydrogen-bond donors (Lipinski definition) is 1. The van der Waals surface area contributed by atoms with Gasteiger partial charge in [0.05, 0.1) is 6.04 Å². The molecule has 1 aliphatic heterocycles. The maximum Gasteiger partial charge on any atom is 0.162 e. The van der Waals surface area contributed by atoms with Crippen molar-refractivity contribution < 1.29 is 13.9 Å². The average molecular weight is 352 g/mol. The number of hydrogen-bond acceptors (Lipinski definition) is 3. The largest absolute Gasteiger partial charge is 0.486 e. The van der Waals surface area contributed by atoms with E-state index in [0.29, 0.717) is 24.7 Å². The Hall–Kier alpha value is -1.59. The molecule has 0 amide bonds. The molecule has 0 saturated carbocycles. The van der Waals surface area contributed by atoms with Crippen molar-refractivity contribution in [2.24, 2.45) is 5.73 Å². The lowest BCUT2D eigenvalue weighted by Gasteiger charge is -2.22. The Balaban J connectivity index is 2.02. The molecule has 0 spiro atoms. The Morgan fingerprint density at radius 1 is 1.10 bits per heavy atom. The van der Waals surface area contributed by atoms with Gasteiger partial charge in [-0.3, -0.25) is 0 Å². The SMILES string of the molecule is Cc1cc(F)cc(C(N)c2cc3c(cc2Br)OCCO3)c1. The molecule has 0 aliphatic carbocycles. The summed E-state index contributed by atoms with van der Waals surface area (Å²) in [6, 6.07) is 8.08. The van der Waals surface area contributed by atoms with Gasteiger partial charge in [-0.05, 0) is 47.9 Å². The zero-order chi connectivity index (χ0) is 15.0. The molecule has 3 rings (SSSR count). The molecule has 0 radical (unpaired) electrons. The zero-order valence-electron chi connectivity index (χ0n) is 11.5. The fraction of sp³-hybridized carbons (Fsp3) is 0.250. The number of rotatable bonds is 2. The Bertz CT molecular complexity index is 670. The molecule has 21 heavy (non-hydrogen) atoms. The normalized spacial score (nSPS) is 14.9. The highest BCUT2D eigenvalue weighted by Crippen LogP contribution is 2.38. The van der Waals surface area contributed by atoms with Crippen LogP contribution in [0.25, 0.3) is 0 Å². The quantitative estimate of drug-likeness (QED) is 0.896. The van der Waals surface area contributed by atoms with Crippen LogP contribution in [0.4, 0.5) is 4.39 Å². The molecule has 3 nitrogen and oxygen atoms in total. The first kappa shape index (κ1) is 14.4. The smallest absolute Gasteiger partial charge is 0.162 e. The summed E-state index contributed by atoms with van der Waals surface area (Å²) in [7, 11) is 0. The summed E-state index contributed by atoms with van der Waals surface area (Å²) in [4.78, 5) is 0. The summed E-state index contributed by atoms with van der Waals surface area (Å²) in [5, 5.41) is 0. The predicted molar refractivity (Wildman–Crippen MR) is 82.3 cm³/mol. The van der Waals surface area contributed by atoms with Crippen LogP contribution >= 0.6 is 15.9 Å². The lowest BCUT2D eigenvalue weighted by Crippen LogP contribution is -2.18. The van der Waals surface area contributed by atoms with Crippen LogP contribution in [-0.4, -0.2) is 13.2 Å². The first-order valence-electron chi connectivity index (χ1n) is 6.66. The summed E-state index contributed by atoms with van der Waals surface area (Å²) in [5.74, 6) is 1.08. The van der Waals surface area contributed by atoms with Crippen molar-refractivity contribution >= 4 is 15.9 Å². The average Bonchev–Trinajstić information content (AvgIpc) is 2.44. The van der Waals surface area contributed by atoms with E-state index in [1.807, 2.05) is 25.1 Å². The third-order valence-corrected chi connectivity index (χ3v) is 4.11. The van der Waals surface area contributed by atoms with E-state index in [4.69, 9.17) is 15.2 Å². The molecule has 110 valence electrons. The van der Waals surface area contributed by atoms with E-state index in [0.717, 1.165) is 21.2 Å². The van der Waals surface area contributed by atoms with Crippen molar-refractivity contribution in [2.75, 3.05) is 13.2 Å². The first-order valence-corrected chi connectivity index (χ1v) is 7.45. The van der Waals surface area contributed by atoms with Crippen molar-refractivity contribution in [1.82, 2.24) is 0 Å². The number of fused-ring (bicyclic) bond motifs is 1. The lowest BCUT2D eigenvalue weighted by molar-refractivity contribution is 0.171. The topological polar surface area (TPSA) is 44.5 Å². The van der Waals surface area contributed by atoms with Crippen LogP contribution in [0.1, 0.15) is 22.7 Å². The predicted octanol–water partition coefficient (Wildman–Crippen LogP) is 3.72. The molecule has 0 fully saturated rings. The van der Waals surface area contributed by atoms with Crippen LogP contribution in [0.15, 0.2) is 34.8 Å². The zero-order valence-corrected chi connectivity index (χ0v) is 13.1. The van der Waals surface area contributed by atoms with Gasteiger partial charge in [0.15, 0.2) is 11.5 Å². The van der Waals surface area contributed by atoms with Crippen molar-refractivity contribution in [3.63, 3.8) is 0 Å². The summed E-state index contributed by atoms with van der Waals surface area (Å²) >= 11 is 3.50. The molecule has 1 heterocycles. The number of nitrogens with two attached hydrogens (primary N) is 1. The molecule has 1 aliphatic rings. The van der Waals surface area contributed by atoms with E-state index < -0.39 is 6.04 Å². The minimum absolute atomic E-state index is 0.283. The van der Waals surface area contributed by atoms with Gasteiger partial charge in [-0.2, -0.15) is 0 Å². The molecule has 0 aromatic heterocycles. The second-order valence-corrected chi connectivity index (χ2v) is 5.91. The van der Waals surface area contributed by atoms with Crippen LogP contribution in [0.5, 0.6) is 11.5 Å². The molecule has 2 aromatic rings. The summed E-state index contributed by atoms with van der Waals surface area (Å²) in [6.07, 6.45) is 0. The standard InChI is InChI=1S/C16H15BrFNO2/c1-9-4-10(6-11(18)5-9)16(19)12-7-14-15(8-13(12)17)21-3-2-20-14/h4-8,16H,2-3,19H2,1H3.